The maximum atomic E-state index is 13.9. The van der Waals surface area contributed by atoms with E-state index in [4.69, 9.17) is 0 Å². The van der Waals surface area contributed by atoms with E-state index in [1.165, 1.54) is 6.07 Å². The average Bonchev–Trinajstić information content (AvgIpc) is 2.93. The molecule has 0 radical (unpaired) electrons. The average molecular weight is 394 g/mol. The van der Waals surface area contributed by atoms with Crippen LogP contribution in [0.4, 0.5) is 4.39 Å². The van der Waals surface area contributed by atoms with Gasteiger partial charge in [0.1, 0.15) is 11.6 Å². The third kappa shape index (κ3) is 4.13. The van der Waals surface area contributed by atoms with E-state index in [2.05, 4.69) is 15.5 Å². The summed E-state index contributed by atoms with van der Waals surface area (Å²) in [4.78, 5) is 24.7. The molecule has 2 N–H and O–H groups in total. The van der Waals surface area contributed by atoms with Gasteiger partial charge < -0.3 is 5.32 Å². The largest absolute Gasteiger partial charge is 0.349 e. The Balaban J connectivity index is 1.48. The highest BCUT2D eigenvalue weighted by Crippen LogP contribution is 2.18. The quantitative estimate of drug-likeness (QED) is 0.714. The fraction of sp³-hybridized carbons (Fsp3) is 0.318. The molecule has 1 aliphatic heterocycles. The minimum Gasteiger partial charge on any atom is -0.349 e. The van der Waals surface area contributed by atoms with Gasteiger partial charge in [0, 0.05) is 24.6 Å². The van der Waals surface area contributed by atoms with Crippen LogP contribution in [0.1, 0.15) is 45.7 Å². The molecule has 1 aliphatic rings. The van der Waals surface area contributed by atoms with Crippen molar-refractivity contribution in [2.24, 2.45) is 0 Å². The van der Waals surface area contributed by atoms with E-state index in [1.807, 2.05) is 24.3 Å². The molecule has 1 aromatic heterocycles. The number of rotatable bonds is 4. The Kier molecular flexibility index (Phi) is 5.29. The Morgan fingerprint density at radius 2 is 2.10 bits per heavy atom. The predicted octanol–water partition coefficient (Wildman–Crippen LogP) is 2.74. The third-order valence-electron chi connectivity index (χ3n) is 5.48. The fourth-order valence-corrected chi connectivity index (χ4v) is 3.77. The molecular weight excluding hydrogens is 371 g/mol. The first kappa shape index (κ1) is 19.1. The van der Waals surface area contributed by atoms with Crippen LogP contribution in [-0.2, 0) is 19.4 Å². The molecule has 1 unspecified atom stereocenters. The number of carbonyl (C=O) groups excluding carboxylic acids is 1. The molecule has 0 spiro atoms. The molecule has 0 saturated carbocycles. The number of aromatic amines is 1. The number of amides is 1. The van der Waals surface area contributed by atoms with Crippen molar-refractivity contribution in [3.05, 3.63) is 86.8 Å². The summed E-state index contributed by atoms with van der Waals surface area (Å²) in [5.74, 6) is 0.343. The Morgan fingerprint density at radius 1 is 1.28 bits per heavy atom. The SMILES string of the molecule is Cc1ccc(Cc2ccccc2C(=O)NC2CCc3n[nH]c(=O)n3CC2)cc1F. The minimum atomic E-state index is -0.240. The Hall–Kier alpha value is -3.22. The van der Waals surface area contributed by atoms with E-state index >= 15 is 0 Å². The zero-order chi connectivity index (χ0) is 20.4. The number of fused-ring (bicyclic) bond motifs is 1. The van der Waals surface area contributed by atoms with Crippen molar-refractivity contribution >= 4 is 5.91 Å². The number of nitrogens with one attached hydrogen (secondary N) is 2. The number of halogens is 1. The van der Waals surface area contributed by atoms with Crippen molar-refractivity contribution in [3.8, 4) is 0 Å². The van der Waals surface area contributed by atoms with Crippen LogP contribution >= 0.6 is 0 Å². The summed E-state index contributed by atoms with van der Waals surface area (Å²) in [5.41, 5.74) is 2.67. The Bertz CT molecular complexity index is 1100. The zero-order valence-electron chi connectivity index (χ0n) is 16.2. The summed E-state index contributed by atoms with van der Waals surface area (Å²) in [5, 5.41) is 9.61. The lowest BCUT2D eigenvalue weighted by molar-refractivity contribution is 0.0932. The molecule has 29 heavy (non-hydrogen) atoms. The van der Waals surface area contributed by atoms with Crippen molar-refractivity contribution in [2.45, 2.75) is 45.2 Å². The molecular formula is C22H23FN4O2. The second-order valence-corrected chi connectivity index (χ2v) is 7.51. The predicted molar refractivity (Wildman–Crippen MR) is 107 cm³/mol. The summed E-state index contributed by atoms with van der Waals surface area (Å²) in [6, 6.07) is 12.5. The lowest BCUT2D eigenvalue weighted by Gasteiger charge is -2.17. The van der Waals surface area contributed by atoms with Gasteiger partial charge in [-0.2, -0.15) is 5.10 Å². The highest BCUT2D eigenvalue weighted by molar-refractivity contribution is 5.96. The van der Waals surface area contributed by atoms with E-state index in [0.717, 1.165) is 23.4 Å². The summed E-state index contributed by atoms with van der Waals surface area (Å²) < 4.78 is 15.5. The fourth-order valence-electron chi connectivity index (χ4n) is 3.77. The highest BCUT2D eigenvalue weighted by atomic mass is 19.1. The van der Waals surface area contributed by atoms with E-state index in [-0.39, 0.29) is 23.5 Å². The van der Waals surface area contributed by atoms with Crippen molar-refractivity contribution in [2.75, 3.05) is 0 Å². The molecule has 3 aromatic rings. The first-order chi connectivity index (χ1) is 14.0. The number of hydrogen-bond acceptors (Lipinski definition) is 3. The van der Waals surface area contributed by atoms with Crippen LogP contribution in [-0.4, -0.2) is 26.7 Å². The van der Waals surface area contributed by atoms with Crippen LogP contribution in [0.25, 0.3) is 0 Å². The second-order valence-electron chi connectivity index (χ2n) is 7.51. The smallest absolute Gasteiger partial charge is 0.343 e. The zero-order valence-corrected chi connectivity index (χ0v) is 16.2. The number of aromatic nitrogens is 3. The number of carbonyl (C=O) groups is 1. The van der Waals surface area contributed by atoms with Crippen LogP contribution in [0.2, 0.25) is 0 Å². The van der Waals surface area contributed by atoms with Crippen molar-refractivity contribution in [1.29, 1.82) is 0 Å². The molecule has 1 atom stereocenters. The molecule has 4 rings (SSSR count). The van der Waals surface area contributed by atoms with E-state index in [1.54, 1.807) is 23.6 Å². The summed E-state index contributed by atoms with van der Waals surface area (Å²) in [7, 11) is 0. The van der Waals surface area contributed by atoms with Gasteiger partial charge in [0.25, 0.3) is 5.91 Å². The lowest BCUT2D eigenvalue weighted by atomic mass is 9.98. The summed E-state index contributed by atoms with van der Waals surface area (Å²) in [6.07, 6.45) is 2.51. The van der Waals surface area contributed by atoms with Gasteiger partial charge >= 0.3 is 5.69 Å². The Morgan fingerprint density at radius 3 is 2.93 bits per heavy atom. The first-order valence-electron chi connectivity index (χ1n) is 9.79. The standard InChI is InChI=1S/C22H23FN4O2/c1-14-6-7-15(13-19(14)23)12-16-4-2-3-5-18(16)21(28)24-17-8-9-20-25-26-22(29)27(20)11-10-17/h2-7,13,17H,8-12H2,1H3,(H,24,28)(H,26,29). The molecule has 150 valence electrons. The summed E-state index contributed by atoms with van der Waals surface area (Å²) >= 11 is 0. The number of H-pyrrole nitrogens is 1. The van der Waals surface area contributed by atoms with Gasteiger partial charge in [0.15, 0.2) is 0 Å². The lowest BCUT2D eigenvalue weighted by Crippen LogP contribution is -2.36. The molecule has 2 heterocycles. The van der Waals surface area contributed by atoms with Gasteiger partial charge in [0.2, 0.25) is 0 Å². The van der Waals surface area contributed by atoms with Gasteiger partial charge in [-0.25, -0.2) is 14.3 Å². The molecule has 1 amide bonds. The third-order valence-corrected chi connectivity index (χ3v) is 5.48. The maximum Gasteiger partial charge on any atom is 0.343 e. The van der Waals surface area contributed by atoms with E-state index in [9.17, 15) is 14.0 Å². The van der Waals surface area contributed by atoms with Crippen LogP contribution in [0, 0.1) is 12.7 Å². The molecule has 0 aliphatic carbocycles. The monoisotopic (exact) mass is 394 g/mol. The van der Waals surface area contributed by atoms with Gasteiger partial charge in [-0.15, -0.1) is 0 Å². The van der Waals surface area contributed by atoms with Crippen LogP contribution in [0.3, 0.4) is 0 Å². The van der Waals surface area contributed by atoms with E-state index in [0.29, 0.717) is 36.9 Å². The van der Waals surface area contributed by atoms with Gasteiger partial charge in [0.05, 0.1) is 0 Å². The first-order valence-corrected chi connectivity index (χ1v) is 9.79. The van der Waals surface area contributed by atoms with E-state index < -0.39 is 0 Å². The minimum absolute atomic E-state index is 0.0338. The molecule has 0 fully saturated rings. The topological polar surface area (TPSA) is 79.8 Å². The van der Waals surface area contributed by atoms with Gasteiger partial charge in [-0.05, 0) is 55.0 Å². The molecule has 2 aromatic carbocycles. The van der Waals surface area contributed by atoms with Crippen LogP contribution in [0.15, 0.2) is 47.3 Å². The number of nitrogens with zero attached hydrogens (tertiary/aromatic N) is 2. The van der Waals surface area contributed by atoms with Gasteiger partial charge in [-0.3, -0.25) is 9.36 Å². The number of benzene rings is 2. The molecule has 7 heteroatoms. The second kappa shape index (κ2) is 8.03. The number of aryl methyl sites for hydroxylation is 2. The molecule has 0 saturated heterocycles. The molecule has 0 bridgehead atoms. The highest BCUT2D eigenvalue weighted by Gasteiger charge is 2.21. The summed E-state index contributed by atoms with van der Waals surface area (Å²) in [6.45, 7) is 2.26. The van der Waals surface area contributed by atoms with Crippen molar-refractivity contribution in [1.82, 2.24) is 20.1 Å². The van der Waals surface area contributed by atoms with Crippen molar-refractivity contribution in [3.63, 3.8) is 0 Å². The van der Waals surface area contributed by atoms with Crippen molar-refractivity contribution < 1.29 is 9.18 Å². The number of hydrogen-bond donors (Lipinski definition) is 2. The van der Waals surface area contributed by atoms with Gasteiger partial charge in [-0.1, -0.05) is 30.3 Å². The van der Waals surface area contributed by atoms with Crippen LogP contribution in [0.5, 0.6) is 0 Å². The maximum absolute atomic E-state index is 13.9. The molecule has 6 nitrogen and oxygen atoms in total. The normalized spacial score (nSPS) is 16.1. The van der Waals surface area contributed by atoms with Crippen LogP contribution < -0.4 is 11.0 Å². The Labute approximate surface area is 167 Å².